The third-order valence-corrected chi connectivity index (χ3v) is 6.21. The van der Waals surface area contributed by atoms with E-state index in [0.717, 1.165) is 16.3 Å². The van der Waals surface area contributed by atoms with Crippen molar-refractivity contribution in [2.75, 3.05) is 23.7 Å². The number of nitrogens with one attached hydrogen (secondary N) is 1. The van der Waals surface area contributed by atoms with E-state index in [0.29, 0.717) is 24.3 Å². The van der Waals surface area contributed by atoms with Crippen LogP contribution in [-0.4, -0.2) is 38.7 Å². The Labute approximate surface area is 198 Å². The fourth-order valence-electron chi connectivity index (χ4n) is 3.34. The quantitative estimate of drug-likeness (QED) is 0.267. The van der Waals surface area contributed by atoms with Crippen LogP contribution in [0.2, 0.25) is 0 Å². The van der Waals surface area contributed by atoms with Gasteiger partial charge in [0.2, 0.25) is 10.0 Å². The molecule has 0 fully saturated rings. The molecule has 0 aliphatic heterocycles. The molecule has 1 N–H and O–H groups in total. The maximum Gasteiger partial charge on any atom is 0.274 e. The van der Waals surface area contributed by atoms with E-state index in [2.05, 4.69) is 5.32 Å². The molecule has 0 unspecified atom stereocenters. The van der Waals surface area contributed by atoms with Gasteiger partial charge in [0.15, 0.2) is 0 Å². The van der Waals surface area contributed by atoms with Crippen molar-refractivity contribution in [2.45, 2.75) is 13.5 Å². The molecule has 0 atom stereocenters. The molecule has 0 spiro atoms. The number of ether oxygens (including phenoxy) is 1. The summed E-state index contributed by atoms with van der Waals surface area (Å²) in [4.78, 5) is 23.1. The molecule has 0 bridgehead atoms. The first-order chi connectivity index (χ1) is 16.2. The van der Waals surface area contributed by atoms with Crippen molar-refractivity contribution in [2.24, 2.45) is 0 Å². The van der Waals surface area contributed by atoms with Gasteiger partial charge in [-0.15, -0.1) is 0 Å². The minimum absolute atomic E-state index is 0.0341. The van der Waals surface area contributed by atoms with Crippen LogP contribution in [0.5, 0.6) is 5.75 Å². The first-order valence-electron chi connectivity index (χ1n) is 10.4. The average Bonchev–Trinajstić information content (AvgIpc) is 2.81. The Balaban J connectivity index is 1.66. The highest BCUT2D eigenvalue weighted by Gasteiger charge is 2.24. The Hall–Kier alpha value is -3.92. The topological polar surface area (TPSA) is 119 Å². The van der Waals surface area contributed by atoms with E-state index in [4.69, 9.17) is 4.74 Å². The molecular formula is C24H25N3O6S. The van der Waals surface area contributed by atoms with Crippen LogP contribution in [0.1, 0.15) is 21.5 Å². The van der Waals surface area contributed by atoms with Crippen molar-refractivity contribution in [1.82, 2.24) is 5.32 Å². The smallest absolute Gasteiger partial charge is 0.274 e. The minimum atomic E-state index is -3.73. The standard InChI is InChI=1S/C24H25N3O6S/c1-18-22(9-6-10-23(18)27(29)30)26(34(2,31)32)17-19-11-13-20(14-12-19)24(28)25-15-16-33-21-7-4-3-5-8-21/h3-14H,15-17H2,1-2H3,(H,25,28). The van der Waals surface area contributed by atoms with Gasteiger partial charge in [0, 0.05) is 11.6 Å². The molecule has 10 heteroatoms. The molecule has 3 rings (SSSR count). The Morgan fingerprint density at radius 2 is 1.71 bits per heavy atom. The second-order valence-corrected chi connectivity index (χ2v) is 9.47. The number of nitro benzene ring substituents is 1. The fraction of sp³-hybridized carbons (Fsp3) is 0.208. The van der Waals surface area contributed by atoms with Crippen molar-refractivity contribution in [3.63, 3.8) is 0 Å². The van der Waals surface area contributed by atoms with Crippen LogP contribution in [0.25, 0.3) is 0 Å². The van der Waals surface area contributed by atoms with E-state index in [9.17, 15) is 23.3 Å². The van der Waals surface area contributed by atoms with Gasteiger partial charge in [-0.1, -0.05) is 36.4 Å². The number of anilines is 1. The number of carbonyl (C=O) groups excluding carboxylic acids is 1. The normalized spacial score (nSPS) is 11.0. The molecule has 9 nitrogen and oxygen atoms in total. The fourth-order valence-corrected chi connectivity index (χ4v) is 4.28. The number of hydrogen-bond acceptors (Lipinski definition) is 6. The third kappa shape index (κ3) is 6.32. The SMILES string of the molecule is Cc1c(N(Cc2ccc(C(=O)NCCOc3ccccc3)cc2)S(C)(=O)=O)cccc1[N+](=O)[O-]. The molecule has 3 aromatic carbocycles. The molecule has 34 heavy (non-hydrogen) atoms. The average molecular weight is 484 g/mol. The predicted octanol–water partition coefficient (Wildman–Crippen LogP) is 3.68. The summed E-state index contributed by atoms with van der Waals surface area (Å²) in [6.45, 7) is 2.12. The number of nitro groups is 1. The Morgan fingerprint density at radius 3 is 2.32 bits per heavy atom. The van der Waals surface area contributed by atoms with Gasteiger partial charge in [-0.2, -0.15) is 0 Å². The molecule has 3 aromatic rings. The van der Waals surface area contributed by atoms with Crippen molar-refractivity contribution in [1.29, 1.82) is 0 Å². The molecule has 0 aromatic heterocycles. The van der Waals surface area contributed by atoms with E-state index in [1.165, 1.54) is 25.1 Å². The zero-order valence-corrected chi connectivity index (χ0v) is 19.6. The maximum absolute atomic E-state index is 12.5. The van der Waals surface area contributed by atoms with E-state index in [1.807, 2.05) is 30.3 Å². The lowest BCUT2D eigenvalue weighted by atomic mass is 10.1. The van der Waals surface area contributed by atoms with Crippen molar-refractivity contribution < 1.29 is 22.9 Å². The number of para-hydroxylation sites is 1. The third-order valence-electron chi connectivity index (χ3n) is 5.08. The molecule has 0 aliphatic carbocycles. The molecule has 0 heterocycles. The lowest BCUT2D eigenvalue weighted by Gasteiger charge is -2.24. The monoisotopic (exact) mass is 483 g/mol. The van der Waals surface area contributed by atoms with Crippen LogP contribution in [-0.2, 0) is 16.6 Å². The van der Waals surface area contributed by atoms with Gasteiger partial charge in [-0.25, -0.2) is 8.42 Å². The summed E-state index contributed by atoms with van der Waals surface area (Å²) in [6, 6.07) is 20.1. The van der Waals surface area contributed by atoms with Gasteiger partial charge < -0.3 is 10.1 Å². The molecule has 0 saturated carbocycles. The van der Waals surface area contributed by atoms with Gasteiger partial charge in [-0.3, -0.25) is 19.2 Å². The molecular weight excluding hydrogens is 458 g/mol. The Kier molecular flexibility index (Phi) is 7.85. The van der Waals surface area contributed by atoms with Crippen LogP contribution in [0.4, 0.5) is 11.4 Å². The van der Waals surface area contributed by atoms with Gasteiger partial charge in [0.25, 0.3) is 11.6 Å². The van der Waals surface area contributed by atoms with Crippen LogP contribution < -0.4 is 14.4 Å². The number of benzene rings is 3. The highest BCUT2D eigenvalue weighted by Crippen LogP contribution is 2.31. The Morgan fingerprint density at radius 1 is 1.03 bits per heavy atom. The van der Waals surface area contributed by atoms with Crippen LogP contribution in [0.3, 0.4) is 0 Å². The van der Waals surface area contributed by atoms with E-state index < -0.39 is 14.9 Å². The summed E-state index contributed by atoms with van der Waals surface area (Å²) in [5.74, 6) is 0.438. The van der Waals surface area contributed by atoms with Gasteiger partial charge in [0.05, 0.1) is 35.5 Å². The summed E-state index contributed by atoms with van der Waals surface area (Å²) in [5.41, 5.74) is 1.37. The first kappa shape index (κ1) is 24.7. The van der Waals surface area contributed by atoms with Crippen LogP contribution in [0.15, 0.2) is 72.8 Å². The zero-order valence-electron chi connectivity index (χ0n) is 18.8. The second kappa shape index (κ2) is 10.8. The number of hydrogen-bond donors (Lipinski definition) is 1. The van der Waals surface area contributed by atoms with Crippen molar-refractivity contribution in [3.8, 4) is 5.75 Å². The highest BCUT2D eigenvalue weighted by atomic mass is 32.2. The zero-order chi connectivity index (χ0) is 24.7. The summed E-state index contributed by atoms with van der Waals surface area (Å²) in [6.07, 6.45) is 1.05. The van der Waals surface area contributed by atoms with Gasteiger partial charge >= 0.3 is 0 Å². The molecule has 178 valence electrons. The molecule has 0 aliphatic rings. The van der Waals surface area contributed by atoms with Crippen LogP contribution in [0, 0.1) is 17.0 Å². The Bertz CT molecular complexity index is 1260. The van der Waals surface area contributed by atoms with Crippen molar-refractivity contribution >= 4 is 27.3 Å². The number of amides is 1. The minimum Gasteiger partial charge on any atom is -0.492 e. The number of sulfonamides is 1. The first-order valence-corrected chi connectivity index (χ1v) is 12.3. The maximum atomic E-state index is 12.5. The summed E-state index contributed by atoms with van der Waals surface area (Å²) in [5, 5.41) is 14.0. The molecule has 1 amide bonds. The van der Waals surface area contributed by atoms with Crippen molar-refractivity contribution in [3.05, 3.63) is 99.6 Å². The predicted molar refractivity (Wildman–Crippen MR) is 130 cm³/mol. The summed E-state index contributed by atoms with van der Waals surface area (Å²) in [7, 11) is -3.73. The summed E-state index contributed by atoms with van der Waals surface area (Å²) < 4.78 is 31.6. The lowest BCUT2D eigenvalue weighted by molar-refractivity contribution is -0.385. The van der Waals surface area contributed by atoms with Gasteiger partial charge in [-0.05, 0) is 42.8 Å². The van der Waals surface area contributed by atoms with Crippen LogP contribution >= 0.6 is 0 Å². The summed E-state index contributed by atoms with van der Waals surface area (Å²) >= 11 is 0. The number of nitrogens with zero attached hydrogens (tertiary/aromatic N) is 2. The number of rotatable bonds is 10. The van der Waals surface area contributed by atoms with E-state index >= 15 is 0 Å². The van der Waals surface area contributed by atoms with E-state index in [-0.39, 0.29) is 29.4 Å². The highest BCUT2D eigenvalue weighted by molar-refractivity contribution is 7.92. The van der Waals surface area contributed by atoms with E-state index in [1.54, 1.807) is 24.3 Å². The lowest BCUT2D eigenvalue weighted by Crippen LogP contribution is -2.30. The molecule has 0 saturated heterocycles. The second-order valence-electron chi connectivity index (χ2n) is 7.56. The van der Waals surface area contributed by atoms with Gasteiger partial charge in [0.1, 0.15) is 12.4 Å². The molecule has 0 radical (unpaired) electrons. The largest absolute Gasteiger partial charge is 0.492 e. The number of carbonyl (C=O) groups is 1.